The Kier molecular flexibility index (Phi) is 2.42. The molecule has 19 heavy (non-hydrogen) atoms. The Morgan fingerprint density at radius 1 is 0.947 bits per heavy atom. The third kappa shape index (κ3) is 1.68. The Labute approximate surface area is 112 Å². The second kappa shape index (κ2) is 4.25. The number of fused-ring (bicyclic) bond motifs is 3. The number of para-hydroxylation sites is 1. The van der Waals surface area contributed by atoms with Gasteiger partial charge in [-0.05, 0) is 23.6 Å². The minimum atomic E-state index is 0.0392. The van der Waals surface area contributed by atoms with E-state index in [1.54, 1.807) is 0 Å². The molecule has 3 aromatic rings. The summed E-state index contributed by atoms with van der Waals surface area (Å²) in [6.07, 6.45) is 1.03. The van der Waals surface area contributed by atoms with Crippen LogP contribution >= 0.6 is 0 Å². The molecular formula is C17H15NO. The predicted molar refractivity (Wildman–Crippen MR) is 76.2 cm³/mol. The number of hydrogen-bond donors (Lipinski definition) is 1. The van der Waals surface area contributed by atoms with Crippen LogP contribution in [-0.2, 0) is 11.2 Å². The molecule has 0 aliphatic carbocycles. The number of hydrogen-bond acceptors (Lipinski definition) is 1. The van der Waals surface area contributed by atoms with Gasteiger partial charge in [-0.2, -0.15) is 0 Å². The summed E-state index contributed by atoms with van der Waals surface area (Å²) < 4.78 is 5.99. The van der Waals surface area contributed by atoms with Gasteiger partial charge < -0.3 is 9.72 Å². The van der Waals surface area contributed by atoms with Gasteiger partial charge in [0.2, 0.25) is 0 Å². The number of ether oxygens (including phenoxy) is 1. The molecule has 2 nitrogen and oxygen atoms in total. The Hall–Kier alpha value is -2.06. The van der Waals surface area contributed by atoms with Crippen LogP contribution in [0.4, 0.5) is 0 Å². The second-order valence-electron chi connectivity index (χ2n) is 4.97. The first-order valence-corrected chi connectivity index (χ1v) is 6.69. The fourth-order valence-corrected chi connectivity index (χ4v) is 2.97. The van der Waals surface area contributed by atoms with Gasteiger partial charge in [0.25, 0.3) is 0 Å². The predicted octanol–water partition coefficient (Wildman–Crippen LogP) is 3.83. The van der Waals surface area contributed by atoms with Gasteiger partial charge >= 0.3 is 0 Å². The average molecular weight is 249 g/mol. The van der Waals surface area contributed by atoms with Crippen molar-refractivity contribution in [1.29, 1.82) is 0 Å². The molecule has 0 radical (unpaired) electrons. The molecule has 1 aliphatic heterocycles. The molecule has 0 unspecified atom stereocenters. The van der Waals surface area contributed by atoms with Crippen molar-refractivity contribution in [2.75, 3.05) is 6.61 Å². The highest BCUT2D eigenvalue weighted by Crippen LogP contribution is 2.36. The molecule has 94 valence electrons. The standard InChI is InChI=1S/C17H15NO/c1-2-6-12(7-3-1)17-16-14(10-11-19-17)13-8-4-5-9-15(13)18-16/h1-9,17-18H,10-11H2/t17-/m1/s1. The Morgan fingerprint density at radius 3 is 2.63 bits per heavy atom. The topological polar surface area (TPSA) is 25.0 Å². The van der Waals surface area contributed by atoms with Crippen molar-refractivity contribution >= 4 is 10.9 Å². The molecule has 1 N–H and O–H groups in total. The molecule has 2 heterocycles. The summed E-state index contributed by atoms with van der Waals surface area (Å²) in [4.78, 5) is 3.54. The Morgan fingerprint density at radius 2 is 1.74 bits per heavy atom. The number of aromatic nitrogens is 1. The molecule has 1 aliphatic rings. The largest absolute Gasteiger partial charge is 0.367 e. The van der Waals surface area contributed by atoms with Gasteiger partial charge in [-0.1, -0.05) is 48.5 Å². The molecular weight excluding hydrogens is 234 g/mol. The molecule has 4 rings (SSSR count). The SMILES string of the molecule is c1ccc([C@H]2OCCc3c2[nH]c2ccccc32)cc1. The van der Waals surface area contributed by atoms with Crippen molar-refractivity contribution in [3.63, 3.8) is 0 Å². The molecule has 2 aromatic carbocycles. The first kappa shape index (κ1) is 10.8. The molecule has 0 bridgehead atoms. The zero-order valence-corrected chi connectivity index (χ0v) is 10.6. The van der Waals surface area contributed by atoms with E-state index < -0.39 is 0 Å². The minimum Gasteiger partial charge on any atom is -0.367 e. The monoisotopic (exact) mass is 249 g/mol. The Balaban J connectivity index is 1.91. The van der Waals surface area contributed by atoms with Crippen molar-refractivity contribution in [1.82, 2.24) is 4.98 Å². The van der Waals surface area contributed by atoms with Crippen LogP contribution < -0.4 is 0 Å². The first-order valence-electron chi connectivity index (χ1n) is 6.69. The van der Waals surface area contributed by atoms with E-state index in [0.717, 1.165) is 13.0 Å². The van der Waals surface area contributed by atoms with Crippen molar-refractivity contribution in [2.45, 2.75) is 12.5 Å². The summed E-state index contributed by atoms with van der Waals surface area (Å²) in [5, 5.41) is 1.33. The van der Waals surface area contributed by atoms with Gasteiger partial charge in [0, 0.05) is 10.9 Å². The van der Waals surface area contributed by atoms with Crippen LogP contribution in [0.15, 0.2) is 54.6 Å². The normalized spacial score (nSPS) is 18.4. The van der Waals surface area contributed by atoms with E-state index in [1.165, 1.54) is 27.7 Å². The molecule has 1 atom stereocenters. The van der Waals surface area contributed by atoms with E-state index in [4.69, 9.17) is 4.74 Å². The maximum atomic E-state index is 5.99. The lowest BCUT2D eigenvalue weighted by molar-refractivity contribution is 0.0677. The Bertz CT molecular complexity index is 714. The lowest BCUT2D eigenvalue weighted by atomic mass is 9.98. The molecule has 0 amide bonds. The molecule has 0 fully saturated rings. The maximum absolute atomic E-state index is 5.99. The second-order valence-corrected chi connectivity index (χ2v) is 4.97. The van der Waals surface area contributed by atoms with E-state index in [-0.39, 0.29) is 6.10 Å². The summed E-state index contributed by atoms with van der Waals surface area (Å²) >= 11 is 0. The number of nitrogens with one attached hydrogen (secondary N) is 1. The molecule has 0 saturated carbocycles. The minimum absolute atomic E-state index is 0.0392. The van der Waals surface area contributed by atoms with Crippen LogP contribution in [-0.4, -0.2) is 11.6 Å². The lowest BCUT2D eigenvalue weighted by Gasteiger charge is -2.23. The van der Waals surface area contributed by atoms with Gasteiger partial charge in [-0.25, -0.2) is 0 Å². The molecule has 0 spiro atoms. The van der Waals surface area contributed by atoms with Gasteiger partial charge in [-0.3, -0.25) is 0 Å². The van der Waals surface area contributed by atoms with Crippen LogP contribution in [0.25, 0.3) is 10.9 Å². The number of benzene rings is 2. The average Bonchev–Trinajstić information content (AvgIpc) is 2.87. The smallest absolute Gasteiger partial charge is 0.123 e. The summed E-state index contributed by atoms with van der Waals surface area (Å²) in [5.41, 5.74) is 5.06. The van der Waals surface area contributed by atoms with Gasteiger partial charge in [0.05, 0.1) is 12.3 Å². The zero-order valence-electron chi connectivity index (χ0n) is 10.6. The van der Waals surface area contributed by atoms with E-state index in [0.29, 0.717) is 0 Å². The third-order valence-corrected chi connectivity index (χ3v) is 3.85. The van der Waals surface area contributed by atoms with E-state index in [2.05, 4.69) is 53.5 Å². The van der Waals surface area contributed by atoms with Crippen LogP contribution in [0.2, 0.25) is 0 Å². The maximum Gasteiger partial charge on any atom is 0.123 e. The summed E-state index contributed by atoms with van der Waals surface area (Å²) in [7, 11) is 0. The number of aromatic amines is 1. The highest BCUT2D eigenvalue weighted by molar-refractivity contribution is 5.85. The van der Waals surface area contributed by atoms with Crippen molar-refractivity contribution in [3.05, 3.63) is 71.4 Å². The molecule has 1 aromatic heterocycles. The van der Waals surface area contributed by atoms with E-state index >= 15 is 0 Å². The van der Waals surface area contributed by atoms with Crippen molar-refractivity contribution < 1.29 is 4.74 Å². The van der Waals surface area contributed by atoms with Crippen molar-refractivity contribution in [3.8, 4) is 0 Å². The fourth-order valence-electron chi connectivity index (χ4n) is 2.97. The van der Waals surface area contributed by atoms with Gasteiger partial charge in [-0.15, -0.1) is 0 Å². The van der Waals surface area contributed by atoms with Gasteiger partial charge in [0.1, 0.15) is 6.10 Å². The molecule has 2 heteroatoms. The first-order chi connectivity index (χ1) is 9.43. The number of rotatable bonds is 1. The summed E-state index contributed by atoms with van der Waals surface area (Å²) in [6.45, 7) is 0.786. The van der Waals surface area contributed by atoms with Crippen LogP contribution in [0, 0.1) is 0 Å². The molecule has 0 saturated heterocycles. The fraction of sp³-hybridized carbons (Fsp3) is 0.176. The lowest BCUT2D eigenvalue weighted by Crippen LogP contribution is -2.16. The van der Waals surface area contributed by atoms with E-state index in [9.17, 15) is 0 Å². The van der Waals surface area contributed by atoms with E-state index in [1.807, 2.05) is 6.07 Å². The summed E-state index contributed by atoms with van der Waals surface area (Å²) in [6, 6.07) is 18.9. The van der Waals surface area contributed by atoms with Crippen LogP contribution in [0.3, 0.4) is 0 Å². The highest BCUT2D eigenvalue weighted by Gasteiger charge is 2.25. The van der Waals surface area contributed by atoms with Gasteiger partial charge in [0.15, 0.2) is 0 Å². The quantitative estimate of drug-likeness (QED) is 0.696. The third-order valence-electron chi connectivity index (χ3n) is 3.85. The summed E-state index contributed by atoms with van der Waals surface area (Å²) in [5.74, 6) is 0. The zero-order chi connectivity index (χ0) is 12.7. The van der Waals surface area contributed by atoms with Crippen molar-refractivity contribution in [2.24, 2.45) is 0 Å². The van der Waals surface area contributed by atoms with Crippen LogP contribution in [0.1, 0.15) is 22.9 Å². The highest BCUT2D eigenvalue weighted by atomic mass is 16.5. The van der Waals surface area contributed by atoms with Crippen LogP contribution in [0.5, 0.6) is 0 Å². The number of H-pyrrole nitrogens is 1.